The minimum absolute atomic E-state index is 0.153. The quantitative estimate of drug-likeness (QED) is 0.570. The lowest BCUT2D eigenvalue weighted by Gasteiger charge is -2.39. The molecular formula is C17H26N2O5. The molecule has 0 amide bonds. The first-order valence-corrected chi connectivity index (χ1v) is 8.27. The van der Waals surface area contributed by atoms with Gasteiger partial charge in [0.05, 0.1) is 38.5 Å². The smallest absolute Gasteiger partial charge is 0.176 e. The van der Waals surface area contributed by atoms with Crippen molar-refractivity contribution in [3.05, 3.63) is 29.8 Å². The van der Waals surface area contributed by atoms with E-state index in [9.17, 15) is 5.11 Å². The number of methoxy groups -OCH3 is 2. The predicted molar refractivity (Wildman–Crippen MR) is 87.9 cm³/mol. The van der Waals surface area contributed by atoms with E-state index in [0.717, 1.165) is 11.3 Å². The molecule has 0 unspecified atom stereocenters. The molecule has 0 aromatic heterocycles. The highest BCUT2D eigenvalue weighted by Gasteiger charge is 2.49. The minimum atomic E-state index is -0.609. The van der Waals surface area contributed by atoms with Crippen molar-refractivity contribution in [2.75, 3.05) is 34.0 Å². The maximum atomic E-state index is 10.8. The third-order valence-electron chi connectivity index (χ3n) is 4.57. The van der Waals surface area contributed by atoms with E-state index in [1.165, 1.54) is 0 Å². The van der Waals surface area contributed by atoms with Crippen molar-refractivity contribution >= 4 is 0 Å². The number of benzene rings is 1. The molecule has 3 N–H and O–H groups in total. The molecule has 5 atom stereocenters. The second-order valence-electron chi connectivity index (χ2n) is 6.06. The fourth-order valence-electron chi connectivity index (χ4n) is 3.30. The van der Waals surface area contributed by atoms with Crippen LogP contribution in [-0.4, -0.2) is 69.7 Å². The summed E-state index contributed by atoms with van der Waals surface area (Å²) in [6.07, 6.45) is -1.17. The summed E-state index contributed by atoms with van der Waals surface area (Å²) in [5, 5.41) is 17.4. The largest absolute Gasteiger partial charge is 0.496 e. The van der Waals surface area contributed by atoms with Crippen LogP contribution >= 0.6 is 0 Å². The first-order chi connectivity index (χ1) is 11.7. The number of ether oxygens (including phenoxy) is 4. The third kappa shape index (κ3) is 3.72. The molecule has 2 bridgehead atoms. The van der Waals surface area contributed by atoms with E-state index in [0.29, 0.717) is 26.3 Å². The van der Waals surface area contributed by atoms with Crippen molar-refractivity contribution in [3.8, 4) is 5.75 Å². The van der Waals surface area contributed by atoms with Gasteiger partial charge in [-0.2, -0.15) is 0 Å². The summed E-state index contributed by atoms with van der Waals surface area (Å²) in [5.74, 6) is 0.825. The maximum Gasteiger partial charge on any atom is 0.176 e. The molecule has 0 spiro atoms. The van der Waals surface area contributed by atoms with Crippen LogP contribution in [0.5, 0.6) is 5.75 Å². The van der Waals surface area contributed by atoms with Gasteiger partial charge in [-0.1, -0.05) is 18.2 Å². The Morgan fingerprint density at radius 1 is 1.21 bits per heavy atom. The molecule has 1 aromatic carbocycles. The number of hydrogen-bond donors (Lipinski definition) is 3. The number of rotatable bonds is 8. The Kier molecular flexibility index (Phi) is 6.04. The molecule has 24 heavy (non-hydrogen) atoms. The Morgan fingerprint density at radius 2 is 2.04 bits per heavy atom. The molecule has 7 nitrogen and oxygen atoms in total. The number of aliphatic hydroxyl groups is 1. The summed E-state index contributed by atoms with van der Waals surface area (Å²) in [6.45, 7) is 2.26. The normalized spacial score (nSPS) is 32.0. The zero-order valence-electron chi connectivity index (χ0n) is 14.1. The van der Waals surface area contributed by atoms with Crippen LogP contribution < -0.4 is 15.4 Å². The summed E-state index contributed by atoms with van der Waals surface area (Å²) in [6, 6.07) is 7.34. The Balaban J connectivity index is 1.63. The second-order valence-corrected chi connectivity index (χ2v) is 6.06. The first-order valence-electron chi connectivity index (χ1n) is 8.27. The summed E-state index contributed by atoms with van der Waals surface area (Å²) < 4.78 is 22.0. The molecule has 3 rings (SSSR count). The van der Waals surface area contributed by atoms with E-state index >= 15 is 0 Å². The monoisotopic (exact) mass is 338 g/mol. The van der Waals surface area contributed by atoms with Crippen LogP contribution in [0.2, 0.25) is 0 Å². The predicted octanol–water partition coefficient (Wildman–Crippen LogP) is -0.126. The van der Waals surface area contributed by atoms with Crippen LogP contribution in [0.1, 0.15) is 5.56 Å². The zero-order valence-corrected chi connectivity index (χ0v) is 14.1. The Bertz CT molecular complexity index is 529. The molecule has 2 aliphatic heterocycles. The lowest BCUT2D eigenvalue weighted by atomic mass is 9.95. The van der Waals surface area contributed by atoms with Crippen molar-refractivity contribution in [2.45, 2.75) is 37.1 Å². The third-order valence-corrected chi connectivity index (χ3v) is 4.57. The van der Waals surface area contributed by atoms with Crippen molar-refractivity contribution in [3.63, 3.8) is 0 Å². The zero-order chi connectivity index (χ0) is 16.9. The molecule has 0 radical (unpaired) electrons. The molecule has 2 saturated heterocycles. The van der Waals surface area contributed by atoms with Gasteiger partial charge < -0.3 is 34.7 Å². The summed E-state index contributed by atoms with van der Waals surface area (Å²) >= 11 is 0. The summed E-state index contributed by atoms with van der Waals surface area (Å²) in [7, 11) is 3.30. The van der Waals surface area contributed by atoms with Crippen LogP contribution in [0.4, 0.5) is 0 Å². The molecule has 2 heterocycles. The topological polar surface area (TPSA) is 81.2 Å². The lowest BCUT2D eigenvalue weighted by Crippen LogP contribution is -2.63. The van der Waals surface area contributed by atoms with Gasteiger partial charge in [0.2, 0.25) is 0 Å². The average molecular weight is 338 g/mol. The minimum Gasteiger partial charge on any atom is -0.496 e. The second kappa shape index (κ2) is 8.24. The number of aliphatic hydroxyl groups excluding tert-OH is 1. The van der Waals surface area contributed by atoms with Gasteiger partial charge in [0, 0.05) is 25.8 Å². The highest BCUT2D eigenvalue weighted by atomic mass is 16.7. The van der Waals surface area contributed by atoms with Gasteiger partial charge in [-0.05, 0) is 6.07 Å². The maximum absolute atomic E-state index is 10.8. The van der Waals surface area contributed by atoms with E-state index in [1.54, 1.807) is 14.2 Å². The van der Waals surface area contributed by atoms with Crippen LogP contribution in [0, 0.1) is 0 Å². The van der Waals surface area contributed by atoms with E-state index < -0.39 is 12.4 Å². The SMILES string of the molecule is COCCN[C@@H]1[C@@H]2OC[C@H](O2)[C@@H](NCc2ccccc2OC)[C@@H]1O. The van der Waals surface area contributed by atoms with Crippen LogP contribution in [-0.2, 0) is 20.8 Å². The highest BCUT2D eigenvalue weighted by molar-refractivity contribution is 5.33. The highest BCUT2D eigenvalue weighted by Crippen LogP contribution is 2.29. The summed E-state index contributed by atoms with van der Waals surface area (Å²) in [4.78, 5) is 0. The lowest BCUT2D eigenvalue weighted by molar-refractivity contribution is -0.153. The van der Waals surface area contributed by atoms with E-state index in [4.69, 9.17) is 18.9 Å². The fraction of sp³-hybridized carbons (Fsp3) is 0.647. The summed E-state index contributed by atoms with van der Waals surface area (Å²) in [5.41, 5.74) is 1.04. The molecule has 134 valence electrons. The van der Waals surface area contributed by atoms with Gasteiger partial charge >= 0.3 is 0 Å². The van der Waals surface area contributed by atoms with Crippen molar-refractivity contribution < 1.29 is 24.1 Å². The van der Waals surface area contributed by atoms with E-state index in [2.05, 4.69) is 10.6 Å². The van der Waals surface area contributed by atoms with Gasteiger partial charge in [-0.25, -0.2) is 0 Å². The Morgan fingerprint density at radius 3 is 2.83 bits per heavy atom. The van der Waals surface area contributed by atoms with Gasteiger partial charge in [0.15, 0.2) is 6.29 Å². The van der Waals surface area contributed by atoms with Gasteiger partial charge in [0.1, 0.15) is 11.9 Å². The van der Waals surface area contributed by atoms with E-state index in [-0.39, 0.29) is 18.2 Å². The van der Waals surface area contributed by atoms with Crippen molar-refractivity contribution in [2.24, 2.45) is 0 Å². The van der Waals surface area contributed by atoms with Gasteiger partial charge in [0.25, 0.3) is 0 Å². The Hall–Kier alpha value is -1.22. The van der Waals surface area contributed by atoms with Crippen molar-refractivity contribution in [1.29, 1.82) is 0 Å². The van der Waals surface area contributed by atoms with Crippen LogP contribution in [0.25, 0.3) is 0 Å². The first kappa shape index (κ1) is 17.6. The van der Waals surface area contributed by atoms with Gasteiger partial charge in [-0.3, -0.25) is 0 Å². The number of nitrogens with one attached hydrogen (secondary N) is 2. The standard InChI is InChI=1S/C17H26N2O5/c1-21-8-7-18-15-16(20)14(13-10-23-17(15)24-13)19-9-11-5-3-4-6-12(11)22-2/h3-6,13-20H,7-10H2,1-2H3/t13-,14+,15-,16-,17+/m0/s1. The molecule has 0 aliphatic carbocycles. The van der Waals surface area contributed by atoms with Crippen molar-refractivity contribution in [1.82, 2.24) is 10.6 Å². The molecule has 2 aliphatic rings. The van der Waals surface area contributed by atoms with E-state index in [1.807, 2.05) is 24.3 Å². The van der Waals surface area contributed by atoms with Gasteiger partial charge in [-0.15, -0.1) is 0 Å². The number of para-hydroxylation sites is 1. The van der Waals surface area contributed by atoms with Crippen LogP contribution in [0.3, 0.4) is 0 Å². The number of hydrogen-bond acceptors (Lipinski definition) is 7. The molecule has 7 heteroatoms. The molecule has 0 saturated carbocycles. The molecule has 1 aromatic rings. The molecular weight excluding hydrogens is 312 g/mol. The van der Waals surface area contributed by atoms with Crippen LogP contribution in [0.15, 0.2) is 24.3 Å². The fourth-order valence-corrected chi connectivity index (χ4v) is 3.30. The molecule has 2 fully saturated rings. The average Bonchev–Trinajstić information content (AvgIpc) is 3.04. The Labute approximate surface area is 142 Å². The number of fused-ring (bicyclic) bond motifs is 2.